The third-order valence-corrected chi connectivity index (χ3v) is 3.66. The van der Waals surface area contributed by atoms with E-state index in [2.05, 4.69) is 21.0 Å². The van der Waals surface area contributed by atoms with Crippen molar-refractivity contribution in [3.05, 3.63) is 54.6 Å². The Balaban J connectivity index is 2.18. The molecule has 0 saturated carbocycles. The minimum absolute atomic E-state index is 0.550. The van der Waals surface area contributed by atoms with Crippen molar-refractivity contribution >= 4 is 22.7 Å². The number of rotatable bonds is 2. The molecule has 0 fully saturated rings. The van der Waals surface area contributed by atoms with E-state index in [-0.39, 0.29) is 0 Å². The largest absolute Gasteiger partial charge is 0.260 e. The second-order valence-corrected chi connectivity index (χ2v) is 4.81. The average Bonchev–Trinajstić information content (AvgIpc) is 2.49. The molecule has 0 aliphatic carbocycles. The van der Waals surface area contributed by atoms with Gasteiger partial charge in [0.25, 0.3) is 0 Å². The van der Waals surface area contributed by atoms with E-state index in [1.54, 1.807) is 24.8 Å². The number of hydrogen-bond acceptors (Lipinski definition) is 5. The maximum absolute atomic E-state index is 9.22. The first kappa shape index (κ1) is 11.6. The average molecular weight is 264 g/mol. The molecule has 4 nitrogen and oxygen atoms in total. The van der Waals surface area contributed by atoms with E-state index in [1.807, 2.05) is 24.3 Å². The van der Waals surface area contributed by atoms with E-state index < -0.39 is 0 Å². The highest BCUT2D eigenvalue weighted by atomic mass is 32.2. The predicted octanol–water partition coefficient (Wildman–Crippen LogP) is 3.05. The smallest absolute Gasteiger partial charge is 0.119 e. The quantitative estimate of drug-likeness (QED) is 0.711. The van der Waals surface area contributed by atoms with Crippen molar-refractivity contribution < 1.29 is 0 Å². The van der Waals surface area contributed by atoms with Gasteiger partial charge >= 0.3 is 0 Å². The van der Waals surface area contributed by atoms with Crippen LogP contribution in [-0.2, 0) is 0 Å². The first-order valence-corrected chi connectivity index (χ1v) is 6.42. The van der Waals surface area contributed by atoms with Gasteiger partial charge in [-0.1, -0.05) is 30.0 Å². The van der Waals surface area contributed by atoms with Gasteiger partial charge < -0.3 is 0 Å². The fourth-order valence-electron chi connectivity index (χ4n) is 1.75. The Kier molecular flexibility index (Phi) is 3.09. The van der Waals surface area contributed by atoms with Gasteiger partial charge in [-0.25, -0.2) is 4.98 Å². The highest BCUT2D eigenvalue weighted by Gasteiger charge is 2.10. The molecule has 0 unspecified atom stereocenters. The van der Waals surface area contributed by atoms with Crippen molar-refractivity contribution in [2.45, 2.75) is 9.92 Å². The third kappa shape index (κ3) is 2.26. The van der Waals surface area contributed by atoms with Crippen LogP contribution in [0.4, 0.5) is 0 Å². The lowest BCUT2D eigenvalue weighted by Crippen LogP contribution is -1.89. The van der Waals surface area contributed by atoms with Crippen molar-refractivity contribution in [3.8, 4) is 6.07 Å². The maximum Gasteiger partial charge on any atom is 0.119 e. The predicted molar refractivity (Wildman–Crippen MR) is 72.6 cm³/mol. The number of pyridine rings is 1. The van der Waals surface area contributed by atoms with E-state index in [9.17, 15) is 5.26 Å². The van der Waals surface area contributed by atoms with Gasteiger partial charge in [-0.15, -0.1) is 0 Å². The molecule has 0 atom stereocenters. The summed E-state index contributed by atoms with van der Waals surface area (Å²) in [4.78, 5) is 13.4. The lowest BCUT2D eigenvalue weighted by atomic mass is 10.2. The summed E-state index contributed by atoms with van der Waals surface area (Å²) in [7, 11) is 0. The van der Waals surface area contributed by atoms with Crippen molar-refractivity contribution in [1.82, 2.24) is 15.0 Å². The molecule has 2 aromatic heterocycles. The third-order valence-electron chi connectivity index (χ3n) is 2.59. The van der Waals surface area contributed by atoms with Gasteiger partial charge in [0.15, 0.2) is 0 Å². The van der Waals surface area contributed by atoms with Crippen molar-refractivity contribution in [2.75, 3.05) is 0 Å². The molecule has 90 valence electrons. The molecule has 3 aromatic rings. The van der Waals surface area contributed by atoms with Crippen LogP contribution in [0, 0.1) is 11.3 Å². The molecule has 5 heteroatoms. The first-order valence-electron chi connectivity index (χ1n) is 5.60. The van der Waals surface area contributed by atoms with Crippen LogP contribution in [-0.4, -0.2) is 15.0 Å². The second-order valence-electron chi connectivity index (χ2n) is 3.78. The van der Waals surface area contributed by atoms with Gasteiger partial charge in [-0.05, 0) is 6.07 Å². The molecule has 0 aliphatic rings. The maximum atomic E-state index is 9.22. The molecule has 0 radical (unpaired) electrons. The van der Waals surface area contributed by atoms with Gasteiger partial charge in [-0.3, -0.25) is 9.97 Å². The zero-order chi connectivity index (χ0) is 13.1. The summed E-state index contributed by atoms with van der Waals surface area (Å²) in [5.41, 5.74) is 1.42. The number of fused-ring (bicyclic) bond motifs is 1. The van der Waals surface area contributed by atoms with Crippen molar-refractivity contribution in [2.24, 2.45) is 0 Å². The monoisotopic (exact) mass is 264 g/mol. The van der Waals surface area contributed by atoms with E-state index in [1.165, 1.54) is 11.8 Å². The Hall–Kier alpha value is -2.45. The minimum atomic E-state index is 0.550. The normalized spacial score (nSPS) is 10.3. The van der Waals surface area contributed by atoms with E-state index in [0.29, 0.717) is 5.56 Å². The molecule has 19 heavy (non-hydrogen) atoms. The first-order chi connectivity index (χ1) is 9.38. The number of benzene rings is 1. The highest BCUT2D eigenvalue weighted by Crippen LogP contribution is 2.33. The molecule has 3 rings (SSSR count). The Bertz CT molecular complexity index is 765. The molecular weight excluding hydrogens is 256 g/mol. The van der Waals surface area contributed by atoms with Gasteiger partial charge in [0.05, 0.1) is 17.3 Å². The second kappa shape index (κ2) is 5.04. The van der Waals surface area contributed by atoms with Gasteiger partial charge in [0.1, 0.15) is 11.1 Å². The molecule has 0 aliphatic heterocycles. The Labute approximate surface area is 114 Å². The van der Waals surface area contributed by atoms with Crippen molar-refractivity contribution in [3.63, 3.8) is 0 Å². The van der Waals surface area contributed by atoms with Crippen LogP contribution in [0.2, 0.25) is 0 Å². The fourth-order valence-corrected chi connectivity index (χ4v) is 2.68. The zero-order valence-corrected chi connectivity index (χ0v) is 10.6. The van der Waals surface area contributed by atoms with Crippen LogP contribution in [0.15, 0.2) is 59.0 Å². The van der Waals surface area contributed by atoms with Crippen LogP contribution >= 0.6 is 11.8 Å². The molecule has 0 N–H and O–H groups in total. The zero-order valence-electron chi connectivity index (χ0n) is 9.82. The number of para-hydroxylation sites is 1. The van der Waals surface area contributed by atoms with Crippen LogP contribution in [0.3, 0.4) is 0 Å². The van der Waals surface area contributed by atoms with Crippen LogP contribution in [0.25, 0.3) is 10.9 Å². The van der Waals surface area contributed by atoms with Crippen LogP contribution in [0.1, 0.15) is 5.56 Å². The Morgan fingerprint density at radius 3 is 2.74 bits per heavy atom. The van der Waals surface area contributed by atoms with Crippen LogP contribution < -0.4 is 0 Å². The summed E-state index contributed by atoms with van der Waals surface area (Å²) in [6.45, 7) is 0. The molecule has 0 saturated heterocycles. The van der Waals surface area contributed by atoms with Crippen molar-refractivity contribution in [1.29, 1.82) is 5.26 Å². The summed E-state index contributed by atoms with van der Waals surface area (Å²) in [6, 6.07) is 9.93. The number of nitrogens with zero attached hydrogens (tertiary/aromatic N) is 4. The molecule has 0 bridgehead atoms. The Morgan fingerprint density at radius 1 is 1.05 bits per heavy atom. The van der Waals surface area contributed by atoms with E-state index in [0.717, 1.165) is 20.8 Å². The summed E-state index contributed by atoms with van der Waals surface area (Å²) >= 11 is 1.43. The summed E-state index contributed by atoms with van der Waals surface area (Å²) in [5.74, 6) is 0. The standard InChI is InChI=1S/C14H8N4S/c15-7-10-8-18-12-4-2-1-3-11(12)14(10)19-13-9-16-5-6-17-13/h1-6,8-9H. The molecular formula is C14H8N4S. The summed E-state index contributed by atoms with van der Waals surface area (Å²) in [5, 5.41) is 10.9. The lowest BCUT2D eigenvalue weighted by Gasteiger charge is -2.06. The molecule has 0 spiro atoms. The van der Waals surface area contributed by atoms with Crippen LogP contribution in [0.5, 0.6) is 0 Å². The summed E-state index contributed by atoms with van der Waals surface area (Å²) < 4.78 is 0. The number of nitriles is 1. The van der Waals surface area contributed by atoms with E-state index >= 15 is 0 Å². The SMILES string of the molecule is N#Cc1cnc2ccccc2c1Sc1cnccn1. The van der Waals surface area contributed by atoms with Gasteiger partial charge in [0.2, 0.25) is 0 Å². The van der Waals surface area contributed by atoms with Gasteiger partial charge in [-0.2, -0.15) is 5.26 Å². The molecule has 2 heterocycles. The lowest BCUT2D eigenvalue weighted by molar-refractivity contribution is 1.05. The minimum Gasteiger partial charge on any atom is -0.260 e. The Morgan fingerprint density at radius 2 is 1.95 bits per heavy atom. The van der Waals surface area contributed by atoms with E-state index in [4.69, 9.17) is 0 Å². The topological polar surface area (TPSA) is 62.5 Å². The summed E-state index contributed by atoms with van der Waals surface area (Å²) in [6.07, 6.45) is 6.54. The highest BCUT2D eigenvalue weighted by molar-refractivity contribution is 7.99. The number of hydrogen-bond donors (Lipinski definition) is 0. The van der Waals surface area contributed by atoms with Gasteiger partial charge in [0, 0.05) is 28.9 Å². The molecule has 1 aromatic carbocycles. The fraction of sp³-hybridized carbons (Fsp3) is 0. The number of aromatic nitrogens is 3. The molecule has 0 amide bonds.